The van der Waals surface area contributed by atoms with Crippen LogP contribution in [0.3, 0.4) is 0 Å². The van der Waals surface area contributed by atoms with Crippen molar-refractivity contribution >= 4 is 35.1 Å². The fourth-order valence-corrected chi connectivity index (χ4v) is 11.2. The number of rotatable bonds is 3. The van der Waals surface area contributed by atoms with Gasteiger partial charge in [-0.3, -0.25) is 24.1 Å². The SMILES string of the molecule is Cc1cccc2c1C1CCC(CC1)O/C=C1/C(=NC(=O)C3CCCO3)CCC(c3ccc4c(c3)OCC(=O)N3CCCC(=NC(=O)C5COC5)[C@@H]3COC3CCC4CC3)N1C(=O)CO2. The van der Waals surface area contributed by atoms with Gasteiger partial charge in [0.1, 0.15) is 29.6 Å². The van der Waals surface area contributed by atoms with Gasteiger partial charge >= 0.3 is 0 Å². The first-order valence-corrected chi connectivity index (χ1v) is 23.8. The fourth-order valence-electron chi connectivity index (χ4n) is 11.2. The molecule has 6 fully saturated rings. The summed E-state index contributed by atoms with van der Waals surface area (Å²) in [5, 5.41) is 0. The van der Waals surface area contributed by atoms with Gasteiger partial charge in [0.15, 0.2) is 13.2 Å². The van der Waals surface area contributed by atoms with Gasteiger partial charge in [-0.15, -0.1) is 0 Å². The predicted octanol–water partition coefficient (Wildman–Crippen LogP) is 6.82. The highest BCUT2D eigenvalue weighted by Crippen LogP contribution is 2.45. The van der Waals surface area contributed by atoms with E-state index in [0.717, 1.165) is 85.8 Å². The van der Waals surface area contributed by atoms with Gasteiger partial charge in [-0.2, -0.15) is 0 Å². The first-order chi connectivity index (χ1) is 31.3. The molecule has 4 bridgehead atoms. The maximum atomic E-state index is 14.9. The van der Waals surface area contributed by atoms with Crippen molar-refractivity contribution in [2.45, 2.75) is 139 Å². The maximum absolute atomic E-state index is 14.9. The topological polar surface area (TPSA) is 155 Å². The Morgan fingerprint density at radius 1 is 0.719 bits per heavy atom. The quantitative estimate of drug-likeness (QED) is 0.321. The molecule has 4 saturated heterocycles. The molecule has 2 unspecified atom stereocenters. The number of amides is 4. The molecule has 3 atom stereocenters. The van der Waals surface area contributed by atoms with Crippen molar-refractivity contribution in [3.8, 4) is 11.5 Å². The molecule has 64 heavy (non-hydrogen) atoms. The molecule has 10 aliphatic rings. The van der Waals surface area contributed by atoms with Crippen molar-refractivity contribution in [1.29, 1.82) is 0 Å². The summed E-state index contributed by atoms with van der Waals surface area (Å²) in [6, 6.07) is 11.3. The lowest BCUT2D eigenvalue weighted by Crippen LogP contribution is -2.53. The molecule has 14 nitrogen and oxygen atoms in total. The number of aryl methyl sites for hydroxylation is 1. The Labute approximate surface area is 374 Å². The van der Waals surface area contributed by atoms with E-state index >= 15 is 0 Å². The van der Waals surface area contributed by atoms with Crippen LogP contribution in [0.1, 0.15) is 130 Å². The number of nitrogens with zero attached hydrogens (tertiary/aromatic N) is 4. The number of hydrogen-bond donors (Lipinski definition) is 0. The van der Waals surface area contributed by atoms with Crippen LogP contribution in [0.25, 0.3) is 0 Å². The summed E-state index contributed by atoms with van der Waals surface area (Å²) in [5.74, 6) is 0.575. The third kappa shape index (κ3) is 8.89. The van der Waals surface area contributed by atoms with Crippen LogP contribution in [-0.4, -0.2) is 115 Å². The fraction of sp³-hybridized carbons (Fsp3) is 0.600. The second-order valence-electron chi connectivity index (χ2n) is 18.9. The standard InChI is InChI=1S/C50H60N4O10/c1-30-5-2-7-43-48(30)32-11-16-36(17-12-32)62-27-42-39(52-50(58)44-8-4-22-60-44)19-20-40(54(42)47(56)29-63-43)33-13-18-37-31-9-14-35(15-10-31)61-26-41-38(51-49(57)34-24-59-25-34)6-3-21-53(41)46(55)28-64-45(37)23-33/h2,5,7,13,18,23,27,31-32,34-36,40-41,44H,3-4,6,8-12,14-17,19-22,24-26,28-29H2,1H3/b42-27-,51-38?,52-39?/t31?,32?,35?,36?,40?,41-,44?/m0/s1. The monoisotopic (exact) mass is 876 g/mol. The van der Waals surface area contributed by atoms with Crippen LogP contribution >= 0.6 is 0 Å². The summed E-state index contributed by atoms with van der Waals surface area (Å²) in [6.07, 6.45) is 11.7. The van der Waals surface area contributed by atoms with Crippen molar-refractivity contribution in [3.63, 3.8) is 0 Å². The molecule has 8 aliphatic heterocycles. The number of ether oxygens (including phenoxy) is 6. The normalized spacial score (nSPS) is 32.2. The number of allylic oxidation sites excluding steroid dienone is 1. The molecule has 0 spiro atoms. The molecule has 0 radical (unpaired) electrons. The van der Waals surface area contributed by atoms with Crippen molar-refractivity contribution in [1.82, 2.24) is 9.80 Å². The van der Waals surface area contributed by atoms with Crippen molar-refractivity contribution in [3.05, 3.63) is 70.6 Å². The van der Waals surface area contributed by atoms with E-state index in [1.54, 1.807) is 16.1 Å². The van der Waals surface area contributed by atoms with Crippen LogP contribution in [0.5, 0.6) is 11.5 Å². The van der Waals surface area contributed by atoms with E-state index in [-0.39, 0.29) is 67.5 Å². The minimum absolute atomic E-state index is 0.0339. The molecule has 2 aromatic carbocycles. The minimum Gasteiger partial charge on any atom is -0.496 e. The summed E-state index contributed by atoms with van der Waals surface area (Å²) in [4.78, 5) is 68.5. The molecule has 2 aliphatic carbocycles. The lowest BCUT2D eigenvalue weighted by Gasteiger charge is -2.39. The smallest absolute Gasteiger partial charge is 0.275 e. The van der Waals surface area contributed by atoms with Crippen molar-refractivity contribution in [2.75, 3.05) is 46.2 Å². The number of piperidine rings is 2. The van der Waals surface area contributed by atoms with Crippen LogP contribution in [0, 0.1) is 12.8 Å². The Balaban J connectivity index is 0.993. The van der Waals surface area contributed by atoms with E-state index < -0.39 is 18.2 Å². The van der Waals surface area contributed by atoms with Gasteiger partial charge in [0.05, 0.1) is 55.7 Å². The third-order valence-corrected chi connectivity index (χ3v) is 14.9. The van der Waals surface area contributed by atoms with E-state index in [4.69, 9.17) is 28.4 Å². The number of benzene rings is 2. The van der Waals surface area contributed by atoms with Crippen molar-refractivity contribution < 1.29 is 47.6 Å². The lowest BCUT2D eigenvalue weighted by atomic mass is 9.80. The highest BCUT2D eigenvalue weighted by Gasteiger charge is 2.40. The van der Waals surface area contributed by atoms with Crippen LogP contribution in [0.15, 0.2) is 58.3 Å². The Hall–Kier alpha value is -4.92. The molecule has 14 heteroatoms. The average Bonchev–Trinajstić information content (AvgIpc) is 3.85. The van der Waals surface area contributed by atoms with E-state index in [2.05, 4.69) is 35.1 Å². The van der Waals surface area contributed by atoms with Gasteiger partial charge in [0.25, 0.3) is 23.6 Å². The van der Waals surface area contributed by atoms with Crippen LogP contribution < -0.4 is 9.47 Å². The Morgan fingerprint density at radius 2 is 1.50 bits per heavy atom. The molecule has 4 amide bonds. The van der Waals surface area contributed by atoms with Gasteiger partial charge in [-0.1, -0.05) is 24.3 Å². The zero-order chi connectivity index (χ0) is 43.7. The second-order valence-corrected chi connectivity index (χ2v) is 18.9. The number of fused-ring (bicyclic) bond motifs is 10. The predicted molar refractivity (Wildman–Crippen MR) is 235 cm³/mol. The molecule has 0 N–H and O–H groups in total. The molecular weight excluding hydrogens is 817 g/mol. The van der Waals surface area contributed by atoms with Crippen LogP contribution in [0.4, 0.5) is 0 Å². The molecule has 0 aromatic heterocycles. The van der Waals surface area contributed by atoms with Crippen LogP contribution in [0.2, 0.25) is 0 Å². The highest BCUT2D eigenvalue weighted by atomic mass is 16.5. The Bertz CT molecular complexity index is 2210. The molecule has 2 saturated carbocycles. The van der Waals surface area contributed by atoms with Gasteiger partial charge in [0, 0.05) is 24.4 Å². The first kappa shape index (κ1) is 43.0. The number of carbonyl (C=O) groups excluding carboxylic acids is 4. The van der Waals surface area contributed by atoms with E-state index in [0.29, 0.717) is 87.3 Å². The summed E-state index contributed by atoms with van der Waals surface area (Å²) >= 11 is 0. The number of hydrogen-bond acceptors (Lipinski definition) is 10. The third-order valence-electron chi connectivity index (χ3n) is 14.9. The lowest BCUT2D eigenvalue weighted by molar-refractivity contribution is -0.137. The first-order valence-electron chi connectivity index (χ1n) is 23.8. The molecule has 8 heterocycles. The summed E-state index contributed by atoms with van der Waals surface area (Å²) < 4.78 is 37.2. The highest BCUT2D eigenvalue weighted by molar-refractivity contribution is 6.09. The minimum atomic E-state index is -0.603. The number of aliphatic imine (C=N–C) groups is 2. The molecule has 12 rings (SSSR count). The maximum Gasteiger partial charge on any atom is 0.275 e. The van der Waals surface area contributed by atoms with Crippen LogP contribution in [-0.2, 0) is 38.1 Å². The Kier molecular flexibility index (Phi) is 12.7. The largest absolute Gasteiger partial charge is 0.496 e. The molecule has 2 aromatic rings. The second kappa shape index (κ2) is 18.9. The Morgan fingerprint density at radius 3 is 2.28 bits per heavy atom. The molecular formula is C50H60N4O10. The zero-order valence-corrected chi connectivity index (χ0v) is 36.9. The average molecular weight is 877 g/mol. The molecule has 340 valence electrons. The van der Waals surface area contributed by atoms with E-state index in [1.807, 2.05) is 18.2 Å². The van der Waals surface area contributed by atoms with Gasteiger partial charge < -0.3 is 33.3 Å². The summed E-state index contributed by atoms with van der Waals surface area (Å²) in [5.41, 5.74) is 5.80. The van der Waals surface area contributed by atoms with Crippen molar-refractivity contribution in [2.24, 2.45) is 15.9 Å². The number of carbonyl (C=O) groups is 4. The van der Waals surface area contributed by atoms with Gasteiger partial charge in [-0.05, 0) is 137 Å². The van der Waals surface area contributed by atoms with E-state index in [9.17, 15) is 19.2 Å². The zero-order valence-electron chi connectivity index (χ0n) is 36.9. The van der Waals surface area contributed by atoms with E-state index in [1.165, 1.54) is 0 Å². The van der Waals surface area contributed by atoms with Gasteiger partial charge in [0.2, 0.25) is 0 Å². The summed E-state index contributed by atoms with van der Waals surface area (Å²) in [6.45, 7) is 3.76. The van der Waals surface area contributed by atoms with Gasteiger partial charge in [-0.25, -0.2) is 9.98 Å². The summed E-state index contributed by atoms with van der Waals surface area (Å²) in [7, 11) is 0.